The van der Waals surface area contributed by atoms with Gasteiger partial charge in [0, 0.05) is 10.6 Å². The first-order valence-corrected chi connectivity index (χ1v) is 7.69. The molecule has 108 valence electrons. The molecule has 0 fully saturated rings. The lowest BCUT2D eigenvalue weighted by molar-refractivity contribution is 0.557. The molecule has 4 rings (SSSR count). The maximum Gasteiger partial charge on any atom is 0.235 e. The van der Waals surface area contributed by atoms with Gasteiger partial charge in [-0.05, 0) is 36.4 Å². The van der Waals surface area contributed by atoms with E-state index in [1.54, 1.807) is 10.8 Å². The lowest BCUT2D eigenvalue weighted by atomic mass is 10.2. The molecule has 0 saturated heterocycles. The molecule has 0 bridgehead atoms. The molecule has 5 nitrogen and oxygen atoms in total. The summed E-state index contributed by atoms with van der Waals surface area (Å²) in [7, 11) is 0. The van der Waals surface area contributed by atoms with Crippen molar-refractivity contribution >= 4 is 40.1 Å². The van der Waals surface area contributed by atoms with Crippen LogP contribution in [0.2, 0.25) is 5.02 Å². The maximum absolute atomic E-state index is 5.91. The molecule has 0 radical (unpaired) electrons. The molecular formula is C15H9ClN4OS. The van der Waals surface area contributed by atoms with Crippen LogP contribution in [-0.2, 0) is 0 Å². The van der Waals surface area contributed by atoms with Crippen molar-refractivity contribution in [1.82, 2.24) is 19.8 Å². The Kier molecular flexibility index (Phi) is 3.25. The molecule has 22 heavy (non-hydrogen) atoms. The van der Waals surface area contributed by atoms with Gasteiger partial charge in [0.15, 0.2) is 5.82 Å². The van der Waals surface area contributed by atoms with E-state index >= 15 is 0 Å². The lowest BCUT2D eigenvalue weighted by Crippen LogP contribution is -1.89. The number of rotatable bonds is 3. The highest BCUT2D eigenvalue weighted by Gasteiger charge is 2.11. The van der Waals surface area contributed by atoms with Gasteiger partial charge in [-0.2, -0.15) is 9.61 Å². The first-order valence-electron chi connectivity index (χ1n) is 6.49. The standard InChI is InChI=1S/C15H9ClN4OS/c16-11-5-3-10(4-6-11)14-19-20-13(17-18-15(20)22-14)8-7-12-2-1-9-21-12/h1-9H/b8-7+. The first-order chi connectivity index (χ1) is 10.8. The SMILES string of the molecule is Clc1ccc(-c2nn3c(/C=C/c4ccco4)nnc3s2)cc1. The highest BCUT2D eigenvalue weighted by Crippen LogP contribution is 2.26. The number of aromatic nitrogens is 4. The maximum atomic E-state index is 5.91. The Bertz CT molecular complexity index is 938. The minimum Gasteiger partial charge on any atom is -0.465 e. The molecule has 0 amide bonds. The predicted molar refractivity (Wildman–Crippen MR) is 86.7 cm³/mol. The third-order valence-electron chi connectivity index (χ3n) is 3.05. The molecule has 4 aromatic rings. The quantitative estimate of drug-likeness (QED) is 0.563. The van der Waals surface area contributed by atoms with Crippen LogP contribution in [0.15, 0.2) is 47.1 Å². The Morgan fingerprint density at radius 1 is 1.09 bits per heavy atom. The number of nitrogens with zero attached hydrogens (tertiary/aromatic N) is 4. The second-order valence-electron chi connectivity index (χ2n) is 4.52. The number of fused-ring (bicyclic) bond motifs is 1. The van der Waals surface area contributed by atoms with Crippen molar-refractivity contribution in [3.63, 3.8) is 0 Å². The van der Waals surface area contributed by atoms with Crippen LogP contribution in [0.3, 0.4) is 0 Å². The Labute approximate surface area is 134 Å². The number of halogens is 1. The predicted octanol–water partition coefficient (Wildman–Crippen LogP) is 4.27. The van der Waals surface area contributed by atoms with Crippen LogP contribution in [0.4, 0.5) is 0 Å². The van der Waals surface area contributed by atoms with Crippen LogP contribution >= 0.6 is 22.9 Å². The summed E-state index contributed by atoms with van der Waals surface area (Å²) in [4.78, 5) is 0.740. The molecule has 0 unspecified atom stereocenters. The lowest BCUT2D eigenvalue weighted by Gasteiger charge is -1.94. The molecule has 1 aromatic carbocycles. The zero-order valence-electron chi connectivity index (χ0n) is 11.2. The summed E-state index contributed by atoms with van der Waals surface area (Å²) in [5.41, 5.74) is 1.00. The average Bonchev–Trinajstić information content (AvgIpc) is 3.23. The van der Waals surface area contributed by atoms with Crippen molar-refractivity contribution in [1.29, 1.82) is 0 Å². The molecule has 3 aromatic heterocycles. The van der Waals surface area contributed by atoms with Crippen LogP contribution in [0, 0.1) is 0 Å². The van der Waals surface area contributed by atoms with Crippen molar-refractivity contribution < 1.29 is 4.42 Å². The van der Waals surface area contributed by atoms with Crippen LogP contribution in [-0.4, -0.2) is 19.8 Å². The largest absolute Gasteiger partial charge is 0.465 e. The summed E-state index contributed by atoms with van der Waals surface area (Å²) in [6, 6.07) is 11.3. The minimum absolute atomic E-state index is 0.655. The van der Waals surface area contributed by atoms with Crippen LogP contribution in [0.1, 0.15) is 11.6 Å². The van der Waals surface area contributed by atoms with Gasteiger partial charge in [-0.25, -0.2) is 0 Å². The molecule has 0 atom stereocenters. The third kappa shape index (κ3) is 2.43. The molecular weight excluding hydrogens is 320 g/mol. The summed E-state index contributed by atoms with van der Waals surface area (Å²) in [6.07, 6.45) is 5.28. The summed E-state index contributed by atoms with van der Waals surface area (Å²) in [5, 5.41) is 14.4. The van der Waals surface area contributed by atoms with Crippen molar-refractivity contribution in [3.8, 4) is 10.6 Å². The van der Waals surface area contributed by atoms with Crippen LogP contribution in [0.25, 0.3) is 27.7 Å². The molecule has 0 saturated carbocycles. The second kappa shape index (κ2) is 5.40. The van der Waals surface area contributed by atoms with Gasteiger partial charge in [-0.15, -0.1) is 10.2 Å². The number of hydrogen-bond donors (Lipinski definition) is 0. The van der Waals surface area contributed by atoms with E-state index in [9.17, 15) is 0 Å². The van der Waals surface area contributed by atoms with E-state index in [0.717, 1.165) is 21.3 Å². The molecule has 7 heteroatoms. The van der Waals surface area contributed by atoms with E-state index in [0.29, 0.717) is 10.8 Å². The van der Waals surface area contributed by atoms with E-state index in [-0.39, 0.29) is 0 Å². The number of hydrogen-bond acceptors (Lipinski definition) is 5. The minimum atomic E-state index is 0.655. The fourth-order valence-corrected chi connectivity index (χ4v) is 2.97. The number of benzene rings is 1. The summed E-state index contributed by atoms with van der Waals surface area (Å²) >= 11 is 7.39. The Balaban J connectivity index is 1.71. The highest BCUT2D eigenvalue weighted by molar-refractivity contribution is 7.19. The van der Waals surface area contributed by atoms with E-state index < -0.39 is 0 Å². The Hall–Kier alpha value is -2.44. The van der Waals surface area contributed by atoms with Gasteiger partial charge in [-0.1, -0.05) is 35.1 Å². The highest BCUT2D eigenvalue weighted by atomic mass is 35.5. The van der Waals surface area contributed by atoms with Gasteiger partial charge in [0.1, 0.15) is 10.8 Å². The zero-order valence-corrected chi connectivity index (χ0v) is 12.8. The molecule has 0 N–H and O–H groups in total. The van der Waals surface area contributed by atoms with Gasteiger partial charge >= 0.3 is 0 Å². The second-order valence-corrected chi connectivity index (χ2v) is 5.91. The Morgan fingerprint density at radius 2 is 1.95 bits per heavy atom. The zero-order chi connectivity index (χ0) is 14.9. The molecule has 0 aliphatic rings. The van der Waals surface area contributed by atoms with Gasteiger partial charge in [0.25, 0.3) is 0 Å². The first kappa shape index (κ1) is 13.2. The van der Waals surface area contributed by atoms with Gasteiger partial charge < -0.3 is 4.42 Å². The average molecular weight is 329 g/mol. The smallest absolute Gasteiger partial charge is 0.235 e. The third-order valence-corrected chi connectivity index (χ3v) is 4.25. The normalized spacial score (nSPS) is 11.7. The van der Waals surface area contributed by atoms with Crippen molar-refractivity contribution in [2.45, 2.75) is 0 Å². The molecule has 3 heterocycles. The Morgan fingerprint density at radius 3 is 2.73 bits per heavy atom. The van der Waals surface area contributed by atoms with Gasteiger partial charge in [0.2, 0.25) is 4.96 Å². The van der Waals surface area contributed by atoms with E-state index in [1.165, 1.54) is 11.3 Å². The van der Waals surface area contributed by atoms with E-state index in [2.05, 4.69) is 15.3 Å². The monoisotopic (exact) mass is 328 g/mol. The summed E-state index contributed by atoms with van der Waals surface area (Å²) in [5.74, 6) is 1.41. The van der Waals surface area contributed by atoms with Crippen LogP contribution in [0.5, 0.6) is 0 Å². The fourth-order valence-electron chi connectivity index (χ4n) is 1.99. The van der Waals surface area contributed by atoms with E-state index in [1.807, 2.05) is 48.6 Å². The fraction of sp³-hybridized carbons (Fsp3) is 0. The van der Waals surface area contributed by atoms with Crippen molar-refractivity contribution in [2.75, 3.05) is 0 Å². The van der Waals surface area contributed by atoms with E-state index in [4.69, 9.17) is 16.0 Å². The van der Waals surface area contributed by atoms with Crippen molar-refractivity contribution in [2.24, 2.45) is 0 Å². The molecule has 0 spiro atoms. The van der Waals surface area contributed by atoms with Crippen molar-refractivity contribution in [3.05, 3.63) is 59.3 Å². The van der Waals surface area contributed by atoms with Gasteiger partial charge in [0.05, 0.1) is 6.26 Å². The topological polar surface area (TPSA) is 56.2 Å². The summed E-state index contributed by atoms with van der Waals surface area (Å²) in [6.45, 7) is 0. The van der Waals surface area contributed by atoms with Crippen LogP contribution < -0.4 is 0 Å². The summed E-state index contributed by atoms with van der Waals surface area (Å²) < 4.78 is 6.97. The number of furan rings is 1. The molecule has 0 aliphatic heterocycles. The molecule has 0 aliphatic carbocycles. The van der Waals surface area contributed by atoms with Gasteiger partial charge in [-0.3, -0.25) is 0 Å².